The summed E-state index contributed by atoms with van der Waals surface area (Å²) in [7, 11) is 0. The van der Waals surface area contributed by atoms with Gasteiger partial charge in [0.1, 0.15) is 5.75 Å². The lowest BCUT2D eigenvalue weighted by Crippen LogP contribution is -2.48. The topological polar surface area (TPSA) is 24.5 Å². The Kier molecular flexibility index (Phi) is 3.64. The van der Waals surface area contributed by atoms with Crippen LogP contribution in [0.5, 0.6) is 5.75 Å². The predicted octanol–water partition coefficient (Wildman–Crippen LogP) is 2.97. The first kappa shape index (κ1) is 13.6. The summed E-state index contributed by atoms with van der Waals surface area (Å²) >= 11 is 0. The van der Waals surface area contributed by atoms with E-state index in [1.165, 1.54) is 44.3 Å². The van der Waals surface area contributed by atoms with Crippen molar-refractivity contribution in [1.82, 2.24) is 10.2 Å². The number of nitrogens with one attached hydrogen (secondary N) is 1. The summed E-state index contributed by atoms with van der Waals surface area (Å²) in [6.07, 6.45) is 5.38. The molecule has 0 amide bonds. The molecule has 1 N–H and O–H groups in total. The summed E-state index contributed by atoms with van der Waals surface area (Å²) in [5.74, 6) is 1.67. The molecule has 1 aromatic rings. The van der Waals surface area contributed by atoms with Crippen LogP contribution in [0, 0.1) is 5.92 Å². The molecule has 0 spiro atoms. The van der Waals surface area contributed by atoms with Gasteiger partial charge in [0.2, 0.25) is 0 Å². The van der Waals surface area contributed by atoms with Crippen LogP contribution in [0.4, 0.5) is 0 Å². The van der Waals surface area contributed by atoms with Crippen LogP contribution in [0.25, 0.3) is 0 Å². The van der Waals surface area contributed by atoms with Gasteiger partial charge in [0.05, 0.1) is 6.61 Å². The molecule has 2 fully saturated rings. The van der Waals surface area contributed by atoms with Gasteiger partial charge in [-0.15, -0.1) is 0 Å². The zero-order valence-electron chi connectivity index (χ0n) is 12.9. The molecule has 4 rings (SSSR count). The molecule has 0 bridgehead atoms. The van der Waals surface area contributed by atoms with E-state index in [2.05, 4.69) is 41.4 Å². The first-order chi connectivity index (χ1) is 10.3. The van der Waals surface area contributed by atoms with Crippen LogP contribution >= 0.6 is 0 Å². The minimum Gasteiger partial charge on any atom is -0.493 e. The highest BCUT2D eigenvalue weighted by atomic mass is 16.5. The molecule has 3 aliphatic rings. The number of ether oxygens (including phenoxy) is 1. The maximum Gasteiger partial charge on any atom is 0.124 e. The van der Waals surface area contributed by atoms with Crippen molar-refractivity contribution >= 4 is 0 Å². The van der Waals surface area contributed by atoms with Crippen LogP contribution in [0.2, 0.25) is 0 Å². The highest BCUT2D eigenvalue weighted by Gasteiger charge is 2.41. The average molecular weight is 286 g/mol. The van der Waals surface area contributed by atoms with Gasteiger partial charge in [0.15, 0.2) is 0 Å². The summed E-state index contributed by atoms with van der Waals surface area (Å²) in [6.45, 7) is 5.64. The summed E-state index contributed by atoms with van der Waals surface area (Å²) in [6, 6.07) is 10.6. The van der Waals surface area contributed by atoms with Crippen LogP contribution in [0.15, 0.2) is 24.3 Å². The van der Waals surface area contributed by atoms with Crippen molar-refractivity contribution in [3.05, 3.63) is 29.8 Å². The van der Waals surface area contributed by atoms with E-state index in [1.807, 2.05) is 0 Å². The summed E-state index contributed by atoms with van der Waals surface area (Å²) in [5.41, 5.74) is 1.40. The van der Waals surface area contributed by atoms with Crippen LogP contribution < -0.4 is 10.1 Å². The maximum absolute atomic E-state index is 5.94. The number of fused-ring (bicyclic) bond motifs is 1. The third-order valence-electron chi connectivity index (χ3n) is 5.54. The molecule has 3 nitrogen and oxygen atoms in total. The summed E-state index contributed by atoms with van der Waals surface area (Å²) in [5, 5.41) is 3.73. The smallest absolute Gasteiger partial charge is 0.124 e. The molecule has 0 aliphatic carbocycles. The number of likely N-dealkylation sites (tertiary alicyclic amines) is 1. The van der Waals surface area contributed by atoms with E-state index in [4.69, 9.17) is 4.74 Å². The number of hydrogen-bond acceptors (Lipinski definition) is 3. The van der Waals surface area contributed by atoms with Crippen molar-refractivity contribution in [3.8, 4) is 5.75 Å². The lowest BCUT2D eigenvalue weighted by atomic mass is 9.89. The first-order valence-electron chi connectivity index (χ1n) is 8.55. The van der Waals surface area contributed by atoms with E-state index < -0.39 is 0 Å². The average Bonchev–Trinajstić information content (AvgIpc) is 3.17. The van der Waals surface area contributed by atoms with Crippen molar-refractivity contribution in [2.24, 2.45) is 5.92 Å². The third-order valence-corrected chi connectivity index (χ3v) is 5.54. The zero-order chi connectivity index (χ0) is 14.2. The van der Waals surface area contributed by atoms with Gasteiger partial charge in [0, 0.05) is 29.6 Å². The number of para-hydroxylation sites is 1. The molecule has 0 radical (unpaired) electrons. The van der Waals surface area contributed by atoms with Crippen molar-refractivity contribution in [2.75, 3.05) is 19.7 Å². The second-order valence-electron chi connectivity index (χ2n) is 6.92. The van der Waals surface area contributed by atoms with E-state index in [1.54, 1.807) is 0 Å². The fourth-order valence-electron chi connectivity index (χ4n) is 4.61. The molecule has 2 saturated heterocycles. The van der Waals surface area contributed by atoms with Crippen LogP contribution in [0.3, 0.4) is 0 Å². The van der Waals surface area contributed by atoms with Crippen LogP contribution in [-0.4, -0.2) is 36.7 Å². The van der Waals surface area contributed by atoms with E-state index >= 15 is 0 Å². The number of benzene rings is 1. The monoisotopic (exact) mass is 286 g/mol. The molecular formula is C18H26N2O. The van der Waals surface area contributed by atoms with E-state index in [-0.39, 0.29) is 0 Å². The van der Waals surface area contributed by atoms with Gasteiger partial charge in [-0.25, -0.2) is 0 Å². The molecule has 3 heteroatoms. The fourth-order valence-corrected chi connectivity index (χ4v) is 4.61. The molecular weight excluding hydrogens is 260 g/mol. The summed E-state index contributed by atoms with van der Waals surface area (Å²) in [4.78, 5) is 2.79. The van der Waals surface area contributed by atoms with Gasteiger partial charge in [-0.05, 0) is 44.8 Å². The van der Waals surface area contributed by atoms with Crippen LogP contribution in [0.1, 0.15) is 44.2 Å². The Morgan fingerprint density at radius 1 is 1.19 bits per heavy atom. The Bertz CT molecular complexity index is 498. The molecule has 1 aromatic carbocycles. The van der Waals surface area contributed by atoms with Gasteiger partial charge in [0.25, 0.3) is 0 Å². The number of nitrogens with zero attached hydrogens (tertiary/aromatic N) is 1. The van der Waals surface area contributed by atoms with Gasteiger partial charge in [-0.2, -0.15) is 0 Å². The Morgan fingerprint density at radius 2 is 2.10 bits per heavy atom. The molecule has 4 atom stereocenters. The third kappa shape index (κ3) is 2.36. The van der Waals surface area contributed by atoms with Crippen molar-refractivity contribution < 1.29 is 4.74 Å². The Labute approximate surface area is 127 Å². The quantitative estimate of drug-likeness (QED) is 0.904. The highest BCUT2D eigenvalue weighted by molar-refractivity contribution is 5.38. The van der Waals surface area contributed by atoms with E-state index in [9.17, 15) is 0 Å². The van der Waals surface area contributed by atoms with Gasteiger partial charge in [-0.1, -0.05) is 25.1 Å². The number of rotatable bonds is 2. The lowest BCUT2D eigenvalue weighted by Gasteiger charge is -2.42. The standard InChI is InChI=1S/C18H26N2O/c1-13-12-21-17-9-3-2-6-14(17)18(13)20-11-5-8-16(20)15-7-4-10-19-15/h2-3,6,9,13,15-16,18-19H,4-5,7-8,10-12H2,1H3. The summed E-state index contributed by atoms with van der Waals surface area (Å²) < 4.78 is 5.94. The van der Waals surface area contributed by atoms with Crippen molar-refractivity contribution in [2.45, 2.75) is 50.7 Å². The van der Waals surface area contributed by atoms with E-state index in [0.717, 1.165) is 12.4 Å². The zero-order valence-corrected chi connectivity index (χ0v) is 12.9. The SMILES string of the molecule is CC1COc2ccccc2C1N1CCCC1C1CCCN1. The molecule has 3 aliphatic heterocycles. The molecule has 4 unspecified atom stereocenters. The molecule has 3 heterocycles. The highest BCUT2D eigenvalue weighted by Crippen LogP contribution is 2.43. The van der Waals surface area contributed by atoms with Crippen molar-refractivity contribution in [1.29, 1.82) is 0 Å². The minimum atomic E-state index is 0.532. The maximum atomic E-state index is 5.94. The Balaban J connectivity index is 1.64. The van der Waals surface area contributed by atoms with Gasteiger partial charge >= 0.3 is 0 Å². The Morgan fingerprint density at radius 3 is 2.95 bits per heavy atom. The van der Waals surface area contributed by atoms with Gasteiger partial charge < -0.3 is 10.1 Å². The molecule has 21 heavy (non-hydrogen) atoms. The second kappa shape index (κ2) is 5.62. The molecule has 0 saturated carbocycles. The second-order valence-corrected chi connectivity index (χ2v) is 6.92. The largest absolute Gasteiger partial charge is 0.493 e. The van der Waals surface area contributed by atoms with Crippen LogP contribution in [-0.2, 0) is 0 Å². The minimum absolute atomic E-state index is 0.532. The van der Waals surface area contributed by atoms with Gasteiger partial charge in [-0.3, -0.25) is 4.90 Å². The predicted molar refractivity (Wildman–Crippen MR) is 84.6 cm³/mol. The molecule has 114 valence electrons. The van der Waals surface area contributed by atoms with Crippen molar-refractivity contribution in [3.63, 3.8) is 0 Å². The normalized spacial score (nSPS) is 36.4. The fraction of sp³-hybridized carbons (Fsp3) is 0.667. The lowest BCUT2D eigenvalue weighted by molar-refractivity contribution is 0.0693. The van der Waals surface area contributed by atoms with E-state index in [0.29, 0.717) is 24.0 Å². The number of hydrogen-bond donors (Lipinski definition) is 1. The Hall–Kier alpha value is -1.06. The first-order valence-corrected chi connectivity index (χ1v) is 8.55. The molecule has 0 aromatic heterocycles.